The normalized spacial score (nSPS) is 11.4. The molecule has 0 aliphatic rings. The topological polar surface area (TPSA) is 84.8 Å². The summed E-state index contributed by atoms with van der Waals surface area (Å²) < 4.78 is 26.3. The summed E-state index contributed by atoms with van der Waals surface area (Å²) in [6.45, 7) is 0. The van der Waals surface area contributed by atoms with Gasteiger partial charge in [0, 0.05) is 12.3 Å². The lowest BCUT2D eigenvalue weighted by molar-refractivity contribution is 0.600. The van der Waals surface area contributed by atoms with Crippen LogP contribution < -0.4 is 4.72 Å². The van der Waals surface area contributed by atoms with Crippen LogP contribution in [0.4, 0.5) is 5.82 Å². The summed E-state index contributed by atoms with van der Waals surface area (Å²) >= 11 is 22.6. The zero-order valence-electron chi connectivity index (χ0n) is 9.31. The molecular formula is C9H4Cl4N4O2S. The van der Waals surface area contributed by atoms with Crippen molar-refractivity contribution in [2.45, 2.75) is 4.90 Å². The van der Waals surface area contributed by atoms with Gasteiger partial charge in [0.1, 0.15) is 21.0 Å². The highest BCUT2D eigenvalue weighted by atomic mass is 35.5. The Hall–Kier alpha value is -0.860. The highest BCUT2D eigenvalue weighted by molar-refractivity contribution is 7.92. The summed E-state index contributed by atoms with van der Waals surface area (Å²) in [5.74, 6) is -0.0823. The summed E-state index contributed by atoms with van der Waals surface area (Å²) in [5.41, 5.74) is 0. The molecule has 6 nitrogen and oxygen atoms in total. The fourth-order valence-electron chi connectivity index (χ4n) is 1.19. The van der Waals surface area contributed by atoms with E-state index in [1.165, 1.54) is 6.07 Å². The lowest BCUT2D eigenvalue weighted by Crippen LogP contribution is -2.14. The Kier molecular flexibility index (Phi) is 4.55. The minimum absolute atomic E-state index is 0.00117. The molecule has 0 saturated heterocycles. The SMILES string of the molecule is O=S(=O)(Nc1cc(Cl)nc(Cl)n1)c1cnc(Cl)c(Cl)c1. The molecule has 0 saturated carbocycles. The number of nitrogens with zero attached hydrogens (tertiary/aromatic N) is 3. The number of hydrogen-bond donors (Lipinski definition) is 1. The van der Waals surface area contributed by atoms with Crippen molar-refractivity contribution in [2.24, 2.45) is 0 Å². The first-order valence-corrected chi connectivity index (χ1v) is 7.81. The van der Waals surface area contributed by atoms with Crippen molar-refractivity contribution in [1.29, 1.82) is 0 Å². The number of pyridine rings is 1. The molecule has 0 unspecified atom stereocenters. The van der Waals surface area contributed by atoms with Crippen LogP contribution in [0.3, 0.4) is 0 Å². The van der Waals surface area contributed by atoms with Crippen LogP contribution in [0.2, 0.25) is 20.6 Å². The minimum Gasteiger partial charge on any atom is -0.263 e. The van der Waals surface area contributed by atoms with Crippen LogP contribution in [-0.4, -0.2) is 23.4 Å². The van der Waals surface area contributed by atoms with Crippen LogP contribution in [0.1, 0.15) is 0 Å². The summed E-state index contributed by atoms with van der Waals surface area (Å²) in [6.07, 6.45) is 1.06. The van der Waals surface area contributed by atoms with Crippen molar-refractivity contribution >= 4 is 62.2 Å². The van der Waals surface area contributed by atoms with E-state index in [-0.39, 0.29) is 31.3 Å². The molecule has 2 rings (SSSR count). The van der Waals surface area contributed by atoms with Crippen molar-refractivity contribution in [1.82, 2.24) is 15.0 Å². The molecular weight excluding hydrogens is 370 g/mol. The van der Waals surface area contributed by atoms with E-state index >= 15 is 0 Å². The molecule has 0 aromatic carbocycles. The first kappa shape index (κ1) is 15.5. The molecule has 0 aliphatic carbocycles. The van der Waals surface area contributed by atoms with Gasteiger partial charge in [-0.3, -0.25) is 4.72 Å². The third kappa shape index (κ3) is 3.62. The second-order valence-electron chi connectivity index (χ2n) is 3.39. The summed E-state index contributed by atoms with van der Waals surface area (Å²) in [6, 6.07) is 2.36. The number of nitrogens with one attached hydrogen (secondary N) is 1. The molecule has 0 fully saturated rings. The maximum Gasteiger partial charge on any atom is 0.264 e. The summed E-state index contributed by atoms with van der Waals surface area (Å²) in [4.78, 5) is 10.8. The molecule has 0 atom stereocenters. The summed E-state index contributed by atoms with van der Waals surface area (Å²) in [5, 5.41) is -0.190. The van der Waals surface area contributed by atoms with Crippen LogP contribution in [-0.2, 0) is 10.0 Å². The van der Waals surface area contributed by atoms with Crippen LogP contribution in [0.5, 0.6) is 0 Å². The van der Waals surface area contributed by atoms with E-state index in [9.17, 15) is 8.42 Å². The quantitative estimate of drug-likeness (QED) is 0.507. The number of halogens is 4. The van der Waals surface area contributed by atoms with Gasteiger partial charge in [-0.2, -0.15) is 4.98 Å². The van der Waals surface area contributed by atoms with Gasteiger partial charge in [0.05, 0.1) is 5.02 Å². The van der Waals surface area contributed by atoms with Crippen LogP contribution in [0, 0.1) is 0 Å². The van der Waals surface area contributed by atoms with E-state index in [0.717, 1.165) is 12.3 Å². The Balaban J connectivity index is 2.37. The first-order valence-electron chi connectivity index (χ1n) is 4.82. The monoisotopic (exact) mass is 372 g/mol. The average Bonchev–Trinajstić information content (AvgIpc) is 2.30. The molecule has 0 radical (unpaired) electrons. The maximum atomic E-state index is 12.1. The Morgan fingerprint density at radius 3 is 2.35 bits per heavy atom. The molecule has 1 N–H and O–H groups in total. The molecule has 11 heteroatoms. The largest absolute Gasteiger partial charge is 0.264 e. The molecule has 2 aromatic rings. The zero-order chi connectivity index (χ0) is 14.9. The fourth-order valence-corrected chi connectivity index (χ4v) is 2.89. The summed E-state index contributed by atoms with van der Waals surface area (Å²) in [7, 11) is -3.95. The van der Waals surface area contributed by atoms with Crippen LogP contribution in [0.25, 0.3) is 0 Å². The van der Waals surface area contributed by atoms with Gasteiger partial charge < -0.3 is 0 Å². The fraction of sp³-hybridized carbons (Fsp3) is 0. The van der Waals surface area contributed by atoms with E-state index in [4.69, 9.17) is 46.4 Å². The average molecular weight is 374 g/mol. The maximum absolute atomic E-state index is 12.1. The predicted octanol–water partition coefficient (Wildman–Crippen LogP) is 3.29. The molecule has 20 heavy (non-hydrogen) atoms. The lowest BCUT2D eigenvalue weighted by Gasteiger charge is -2.08. The number of rotatable bonds is 3. The van der Waals surface area contributed by atoms with Crippen molar-refractivity contribution in [3.63, 3.8) is 0 Å². The van der Waals surface area contributed by atoms with Crippen molar-refractivity contribution < 1.29 is 8.42 Å². The van der Waals surface area contributed by atoms with Gasteiger partial charge in [-0.25, -0.2) is 18.4 Å². The smallest absolute Gasteiger partial charge is 0.263 e. The third-order valence-electron chi connectivity index (χ3n) is 1.99. The second kappa shape index (κ2) is 5.87. The minimum atomic E-state index is -3.95. The number of hydrogen-bond acceptors (Lipinski definition) is 5. The molecule has 106 valence electrons. The molecule has 0 aliphatic heterocycles. The molecule has 0 amide bonds. The Bertz CT molecular complexity index is 748. The third-order valence-corrected chi connectivity index (χ3v) is 4.36. The van der Waals surface area contributed by atoms with Crippen molar-refractivity contribution in [3.05, 3.63) is 38.9 Å². The van der Waals surface area contributed by atoms with Gasteiger partial charge in [0.15, 0.2) is 0 Å². The van der Waals surface area contributed by atoms with Gasteiger partial charge in [-0.1, -0.05) is 34.8 Å². The Morgan fingerprint density at radius 1 is 1.05 bits per heavy atom. The Morgan fingerprint density at radius 2 is 1.75 bits per heavy atom. The number of sulfonamides is 1. The number of aromatic nitrogens is 3. The van der Waals surface area contributed by atoms with Gasteiger partial charge in [0.2, 0.25) is 5.28 Å². The van der Waals surface area contributed by atoms with E-state index in [2.05, 4.69) is 19.7 Å². The van der Waals surface area contributed by atoms with Gasteiger partial charge in [-0.05, 0) is 17.7 Å². The predicted molar refractivity (Wildman–Crippen MR) is 77.1 cm³/mol. The van der Waals surface area contributed by atoms with Crippen LogP contribution >= 0.6 is 46.4 Å². The highest BCUT2D eigenvalue weighted by Crippen LogP contribution is 2.24. The molecule has 0 spiro atoms. The van der Waals surface area contributed by atoms with E-state index in [0.29, 0.717) is 0 Å². The van der Waals surface area contributed by atoms with Gasteiger partial charge >= 0.3 is 0 Å². The molecule has 2 heterocycles. The van der Waals surface area contributed by atoms with E-state index in [1.54, 1.807) is 0 Å². The van der Waals surface area contributed by atoms with Gasteiger partial charge in [0.25, 0.3) is 10.0 Å². The first-order chi connectivity index (χ1) is 9.28. The van der Waals surface area contributed by atoms with Crippen LogP contribution in [0.15, 0.2) is 23.2 Å². The van der Waals surface area contributed by atoms with E-state index < -0.39 is 10.0 Å². The van der Waals surface area contributed by atoms with Crippen molar-refractivity contribution in [3.8, 4) is 0 Å². The van der Waals surface area contributed by atoms with Gasteiger partial charge in [-0.15, -0.1) is 0 Å². The highest BCUT2D eigenvalue weighted by Gasteiger charge is 2.18. The van der Waals surface area contributed by atoms with E-state index in [1.807, 2.05) is 0 Å². The molecule has 2 aromatic heterocycles. The second-order valence-corrected chi connectivity index (χ2v) is 6.57. The Labute approximate surface area is 134 Å². The number of anilines is 1. The standard InChI is InChI=1S/C9H4Cl4N4O2S/c10-5-1-4(3-14-8(5)12)20(18,19)17-7-2-6(11)15-9(13)16-7/h1-3H,(H,15,16,17). The zero-order valence-corrected chi connectivity index (χ0v) is 13.2. The molecule has 0 bridgehead atoms. The van der Waals surface area contributed by atoms with Crippen molar-refractivity contribution in [2.75, 3.05) is 4.72 Å². The lowest BCUT2D eigenvalue weighted by atomic mass is 10.5.